The lowest BCUT2D eigenvalue weighted by Gasteiger charge is -2.31. The topological polar surface area (TPSA) is 154 Å². The Hall–Kier alpha value is -3.89. The number of alkyl halides is 3. The van der Waals surface area contributed by atoms with Crippen LogP contribution in [0.3, 0.4) is 0 Å². The van der Waals surface area contributed by atoms with Gasteiger partial charge in [-0.1, -0.05) is 13.0 Å². The van der Waals surface area contributed by atoms with Gasteiger partial charge in [-0.2, -0.15) is 22.9 Å². The largest absolute Gasteiger partial charge is 0.457 e. The van der Waals surface area contributed by atoms with Crippen molar-refractivity contribution < 1.29 is 50.3 Å². The molecule has 2 aromatic rings. The van der Waals surface area contributed by atoms with Crippen LogP contribution < -0.4 is 14.9 Å². The predicted octanol–water partition coefficient (Wildman–Crippen LogP) is 3.15. The molecule has 0 radical (unpaired) electrons. The van der Waals surface area contributed by atoms with Gasteiger partial charge in [0.15, 0.2) is 0 Å². The van der Waals surface area contributed by atoms with E-state index in [0.717, 1.165) is 18.2 Å². The van der Waals surface area contributed by atoms with Crippen LogP contribution in [0.1, 0.15) is 19.8 Å². The highest BCUT2D eigenvalue weighted by Gasteiger charge is 2.44. The number of rotatable bonds is 10. The molecule has 16 heteroatoms. The van der Waals surface area contributed by atoms with Crippen molar-refractivity contribution in [2.24, 2.45) is 10.9 Å². The number of carbonyl (C=O) groups is 3. The van der Waals surface area contributed by atoms with Crippen molar-refractivity contribution in [1.82, 2.24) is 15.1 Å². The molecule has 2 unspecified atom stereocenters. The molecule has 0 aromatic heterocycles. The molecule has 0 bridgehead atoms. The smallest absolute Gasteiger partial charge is 0.430 e. The molecule has 0 fully saturated rings. The van der Waals surface area contributed by atoms with Crippen LogP contribution >= 0.6 is 0 Å². The Morgan fingerprint density at radius 1 is 1.15 bits per heavy atom. The molecule has 0 spiro atoms. The Morgan fingerprint density at radius 2 is 1.82 bits per heavy atom. The Morgan fingerprint density at radius 3 is 2.36 bits per heavy atom. The summed E-state index contributed by atoms with van der Waals surface area (Å²) in [5.41, 5.74) is -0.272. The van der Waals surface area contributed by atoms with E-state index in [1.807, 2.05) is 0 Å². The number of hydrogen-bond acceptors (Lipinski definition) is 7. The number of nitrogens with one attached hydrogen (secondary N) is 2. The first-order valence-corrected chi connectivity index (χ1v) is 12.7. The van der Waals surface area contributed by atoms with E-state index in [9.17, 15) is 45.6 Å². The summed E-state index contributed by atoms with van der Waals surface area (Å²) in [6, 6.07) is 6.72. The van der Waals surface area contributed by atoms with Gasteiger partial charge in [0.2, 0.25) is 15.9 Å². The van der Waals surface area contributed by atoms with Gasteiger partial charge in [-0.25, -0.2) is 23.1 Å². The Bertz CT molecular complexity index is 1380. The van der Waals surface area contributed by atoms with E-state index in [-0.39, 0.29) is 22.8 Å². The van der Waals surface area contributed by atoms with Crippen molar-refractivity contribution in [3.63, 3.8) is 0 Å². The molecule has 210 valence electrons. The second kappa shape index (κ2) is 11.9. The van der Waals surface area contributed by atoms with Crippen LogP contribution in [0, 0.1) is 11.7 Å². The summed E-state index contributed by atoms with van der Waals surface area (Å²) >= 11 is 0. The fourth-order valence-corrected chi connectivity index (χ4v) is 4.90. The molecule has 4 amide bonds. The van der Waals surface area contributed by atoms with Crippen LogP contribution in [0.25, 0.3) is 0 Å². The Kier molecular flexibility index (Phi) is 9.03. The number of ether oxygens (including phenoxy) is 1. The van der Waals surface area contributed by atoms with Crippen molar-refractivity contribution in [2.75, 3.05) is 6.54 Å². The van der Waals surface area contributed by atoms with Gasteiger partial charge in [0, 0.05) is 18.5 Å². The minimum atomic E-state index is -4.99. The molecule has 1 heterocycles. The van der Waals surface area contributed by atoms with Crippen molar-refractivity contribution in [3.05, 3.63) is 54.3 Å². The second-order valence-electron chi connectivity index (χ2n) is 8.29. The molecule has 0 aliphatic carbocycles. The van der Waals surface area contributed by atoms with E-state index < -0.39 is 70.5 Å². The zero-order valence-corrected chi connectivity index (χ0v) is 20.9. The molecule has 2 atom stereocenters. The number of urea groups is 1. The zero-order chi connectivity index (χ0) is 29.0. The third-order valence-electron chi connectivity index (χ3n) is 5.66. The number of nitrogens with zero attached hydrogens (tertiary/aromatic N) is 2. The first kappa shape index (κ1) is 29.7. The molecule has 3 N–H and O–H groups in total. The minimum absolute atomic E-state index is 0.0477. The Balaban J connectivity index is 1.80. The molecule has 2 aromatic carbocycles. The zero-order valence-electron chi connectivity index (χ0n) is 20.1. The lowest BCUT2D eigenvalue weighted by molar-refractivity contribution is -0.134. The van der Waals surface area contributed by atoms with Gasteiger partial charge in [0.1, 0.15) is 29.1 Å². The van der Waals surface area contributed by atoms with E-state index in [4.69, 9.17) is 4.74 Å². The number of hydrogen-bond donors (Lipinski definition) is 3. The molecule has 0 saturated heterocycles. The van der Waals surface area contributed by atoms with Crippen molar-refractivity contribution >= 4 is 33.6 Å². The number of imide groups is 1. The summed E-state index contributed by atoms with van der Waals surface area (Å²) in [5, 5.41) is 9.18. The number of sulfonamides is 1. The summed E-state index contributed by atoms with van der Waals surface area (Å²) in [7, 11) is -4.46. The second-order valence-corrected chi connectivity index (χ2v) is 10.0. The maximum absolute atomic E-state index is 13.3. The lowest BCUT2D eigenvalue weighted by Crippen LogP contribution is -2.54. The van der Waals surface area contributed by atoms with Crippen molar-refractivity contribution in [3.8, 4) is 11.5 Å². The fourth-order valence-electron chi connectivity index (χ4n) is 3.63. The van der Waals surface area contributed by atoms with E-state index in [2.05, 4.69) is 9.71 Å². The number of halogens is 4. The maximum Gasteiger partial charge on any atom is 0.430 e. The van der Waals surface area contributed by atoms with Gasteiger partial charge in [0.05, 0.1) is 11.3 Å². The van der Waals surface area contributed by atoms with Crippen LogP contribution in [0.4, 0.5) is 22.4 Å². The van der Waals surface area contributed by atoms with E-state index >= 15 is 0 Å². The molecule has 11 nitrogen and oxygen atoms in total. The molecular weight excluding hydrogens is 552 g/mol. The number of benzene rings is 2. The first-order chi connectivity index (χ1) is 18.2. The highest BCUT2D eigenvalue weighted by atomic mass is 32.2. The minimum Gasteiger partial charge on any atom is -0.457 e. The summed E-state index contributed by atoms with van der Waals surface area (Å²) in [5.74, 6) is -3.87. The van der Waals surface area contributed by atoms with Gasteiger partial charge in [-0.15, -0.1) is 0 Å². The first-order valence-electron chi connectivity index (χ1n) is 11.2. The number of amides is 4. The highest BCUT2D eigenvalue weighted by Crippen LogP contribution is 2.26. The van der Waals surface area contributed by atoms with Crippen LogP contribution in [-0.4, -0.2) is 60.8 Å². The molecule has 39 heavy (non-hydrogen) atoms. The monoisotopic (exact) mass is 574 g/mol. The quantitative estimate of drug-likeness (QED) is 0.224. The van der Waals surface area contributed by atoms with Gasteiger partial charge in [-0.3, -0.25) is 19.7 Å². The summed E-state index contributed by atoms with van der Waals surface area (Å²) in [6.45, 7) is 0.808. The maximum atomic E-state index is 13.3. The molecule has 1 aliphatic heterocycles. The normalized spacial score (nSPS) is 15.9. The number of carbonyl (C=O) groups excluding carboxylic acids is 3. The molecule has 0 saturated carbocycles. The predicted molar refractivity (Wildman–Crippen MR) is 126 cm³/mol. The molecular formula is C23H22F4N4O7S. The lowest BCUT2D eigenvalue weighted by atomic mass is 9.96. The third kappa shape index (κ3) is 7.36. The van der Waals surface area contributed by atoms with Gasteiger partial charge in [0.25, 0.3) is 5.91 Å². The summed E-state index contributed by atoms with van der Waals surface area (Å²) in [4.78, 5) is 39.8. The van der Waals surface area contributed by atoms with Crippen LogP contribution in [0.5, 0.6) is 11.5 Å². The van der Waals surface area contributed by atoms with Crippen LogP contribution in [-0.2, 0) is 19.6 Å². The fraction of sp³-hybridized carbons (Fsp3) is 0.304. The number of aliphatic imine (C=N–C) groups is 1. The Labute approximate surface area is 219 Å². The highest BCUT2D eigenvalue weighted by molar-refractivity contribution is 7.89. The van der Waals surface area contributed by atoms with Crippen LogP contribution in [0.2, 0.25) is 0 Å². The molecule has 1 aliphatic rings. The summed E-state index contributed by atoms with van der Waals surface area (Å²) in [6.07, 6.45) is -6.25. The van der Waals surface area contributed by atoms with Gasteiger partial charge < -0.3 is 4.74 Å². The molecule has 3 rings (SSSR count). The van der Waals surface area contributed by atoms with Gasteiger partial charge in [-0.05, 0) is 42.8 Å². The van der Waals surface area contributed by atoms with E-state index in [0.29, 0.717) is 4.90 Å². The average molecular weight is 575 g/mol. The van der Waals surface area contributed by atoms with Crippen LogP contribution in [0.15, 0.2) is 58.4 Å². The van der Waals surface area contributed by atoms with Gasteiger partial charge >= 0.3 is 12.2 Å². The SMILES string of the molecule is CCC(CN1C(=O)CC(C(F)(F)F)=NC1=O)C(NS(=O)(=O)c1ccc(Oc2cccc(F)c2)cc1)C(=O)NO. The van der Waals surface area contributed by atoms with Crippen molar-refractivity contribution in [1.29, 1.82) is 0 Å². The van der Waals surface area contributed by atoms with Crippen molar-refractivity contribution in [2.45, 2.75) is 36.9 Å². The van der Waals surface area contributed by atoms with E-state index in [1.54, 1.807) is 0 Å². The third-order valence-corrected chi connectivity index (χ3v) is 7.12. The average Bonchev–Trinajstić information content (AvgIpc) is 2.86. The summed E-state index contributed by atoms with van der Waals surface area (Å²) < 4.78 is 85.6. The standard InChI is InChI=1S/C23H22F4N4O7S/c1-2-13(12-31-19(32)11-18(23(25,26)27)28-22(31)34)20(21(33)29-35)30-39(36,37)17-8-6-15(7-9-17)38-16-5-3-4-14(24)10-16/h3-10,13,20,30,35H,2,11-12H2,1H3,(H,29,33). The number of hydroxylamine groups is 1. The van der Waals surface area contributed by atoms with E-state index in [1.165, 1.54) is 42.7 Å².